The zero-order valence-electron chi connectivity index (χ0n) is 11.6. The molecular formula is C13H20Cl2N2O3. The van der Waals surface area contributed by atoms with E-state index in [4.69, 9.17) is 26.8 Å². The third-order valence-corrected chi connectivity index (χ3v) is 2.95. The Kier molecular flexibility index (Phi) is 9.12. The second kappa shape index (κ2) is 9.69. The van der Waals surface area contributed by atoms with E-state index in [9.17, 15) is 4.79 Å². The van der Waals surface area contributed by atoms with E-state index in [1.807, 2.05) is 0 Å². The summed E-state index contributed by atoms with van der Waals surface area (Å²) in [7, 11) is 3.14. The summed E-state index contributed by atoms with van der Waals surface area (Å²) in [5.74, 6) is 0.187. The number of nitrogens with two attached hydrogens (primary N) is 1. The van der Waals surface area contributed by atoms with Gasteiger partial charge < -0.3 is 20.5 Å². The van der Waals surface area contributed by atoms with Crippen LogP contribution < -0.4 is 15.8 Å². The molecule has 0 aliphatic heterocycles. The highest BCUT2D eigenvalue weighted by Crippen LogP contribution is 2.28. The van der Waals surface area contributed by atoms with Gasteiger partial charge in [-0.15, -0.1) is 12.4 Å². The number of unbranched alkanes of at least 4 members (excludes halogenated alkanes) is 1. The average molecular weight is 323 g/mol. The Morgan fingerprint density at radius 3 is 2.65 bits per heavy atom. The highest BCUT2D eigenvalue weighted by Gasteiger charge is 2.14. The Labute approximate surface area is 130 Å². The van der Waals surface area contributed by atoms with Crippen LogP contribution in [0.15, 0.2) is 12.1 Å². The summed E-state index contributed by atoms with van der Waals surface area (Å²) in [5.41, 5.74) is 6.43. The minimum Gasteiger partial charge on any atom is -0.496 e. The number of halogens is 2. The fraction of sp³-hybridized carbons (Fsp3) is 0.462. The summed E-state index contributed by atoms with van der Waals surface area (Å²) in [5, 5.41) is 3.14. The number of hydrogen-bond donors (Lipinski definition) is 2. The Bertz CT molecular complexity index is 442. The third kappa shape index (κ3) is 5.45. The molecule has 0 radical (unpaired) electrons. The first-order chi connectivity index (χ1) is 9.10. The number of hydrogen-bond acceptors (Lipinski definition) is 4. The minimum absolute atomic E-state index is 0. The topological polar surface area (TPSA) is 73.6 Å². The molecule has 1 amide bonds. The lowest BCUT2D eigenvalue weighted by Gasteiger charge is -2.11. The van der Waals surface area contributed by atoms with Crippen LogP contribution in [0.3, 0.4) is 0 Å². The summed E-state index contributed by atoms with van der Waals surface area (Å²) in [4.78, 5) is 12.0. The van der Waals surface area contributed by atoms with E-state index >= 15 is 0 Å². The van der Waals surface area contributed by atoms with Gasteiger partial charge >= 0.3 is 0 Å². The highest BCUT2D eigenvalue weighted by atomic mass is 35.5. The van der Waals surface area contributed by atoms with Crippen LogP contribution in [-0.4, -0.2) is 33.3 Å². The number of nitrogens with one attached hydrogen (secondary N) is 1. The first kappa shape index (κ1) is 18.8. The number of ether oxygens (including phenoxy) is 2. The number of carbonyl (C=O) groups excluding carboxylic acids is 1. The smallest absolute Gasteiger partial charge is 0.255 e. The van der Waals surface area contributed by atoms with Crippen LogP contribution >= 0.6 is 24.0 Å². The van der Waals surface area contributed by atoms with Crippen molar-refractivity contribution in [2.24, 2.45) is 0 Å². The van der Waals surface area contributed by atoms with E-state index in [1.165, 1.54) is 13.2 Å². The normalized spacial score (nSPS) is 9.75. The van der Waals surface area contributed by atoms with Crippen molar-refractivity contribution in [2.45, 2.75) is 12.8 Å². The molecule has 0 bridgehead atoms. The SMILES string of the molecule is COCCCCNC(=O)c1cc(Cl)c(N)cc1OC.Cl. The Balaban J connectivity index is 0.00000361. The maximum absolute atomic E-state index is 12.0. The van der Waals surface area contributed by atoms with Crippen molar-refractivity contribution < 1.29 is 14.3 Å². The summed E-state index contributed by atoms with van der Waals surface area (Å²) in [6.45, 7) is 1.26. The van der Waals surface area contributed by atoms with Gasteiger partial charge in [-0.1, -0.05) is 11.6 Å². The standard InChI is InChI=1S/C13H19ClN2O3.ClH/c1-18-6-4-3-5-16-13(17)9-7-10(14)11(15)8-12(9)19-2;/h7-8H,3-6,15H2,1-2H3,(H,16,17);1H. The number of rotatable bonds is 7. The van der Waals surface area contributed by atoms with Crippen LogP contribution in [0.1, 0.15) is 23.2 Å². The molecule has 0 heterocycles. The molecule has 20 heavy (non-hydrogen) atoms. The second-order valence-corrected chi connectivity index (χ2v) is 4.44. The molecule has 0 atom stereocenters. The van der Waals surface area contributed by atoms with Crippen LogP contribution in [0.5, 0.6) is 5.75 Å². The molecule has 0 unspecified atom stereocenters. The van der Waals surface area contributed by atoms with Gasteiger partial charge in [0.1, 0.15) is 5.75 Å². The van der Waals surface area contributed by atoms with Crippen molar-refractivity contribution in [1.82, 2.24) is 5.32 Å². The van der Waals surface area contributed by atoms with Crippen molar-refractivity contribution in [2.75, 3.05) is 33.1 Å². The fourth-order valence-electron chi connectivity index (χ4n) is 1.58. The van der Waals surface area contributed by atoms with Crippen molar-refractivity contribution in [1.29, 1.82) is 0 Å². The van der Waals surface area contributed by atoms with Crippen LogP contribution in [0.2, 0.25) is 5.02 Å². The Hall–Kier alpha value is -1.17. The van der Waals surface area contributed by atoms with Crippen LogP contribution in [0.4, 0.5) is 5.69 Å². The number of amides is 1. The molecule has 1 aromatic rings. The van der Waals surface area contributed by atoms with Crippen molar-refractivity contribution in [3.63, 3.8) is 0 Å². The number of methoxy groups -OCH3 is 2. The predicted octanol–water partition coefficient (Wildman–Crippen LogP) is 2.51. The first-order valence-corrected chi connectivity index (χ1v) is 6.38. The molecule has 0 saturated carbocycles. The molecule has 0 saturated heterocycles. The van der Waals surface area contributed by atoms with Gasteiger partial charge in [0.05, 0.1) is 23.4 Å². The average Bonchev–Trinajstić information content (AvgIpc) is 2.40. The highest BCUT2D eigenvalue weighted by molar-refractivity contribution is 6.33. The number of benzene rings is 1. The van der Waals surface area contributed by atoms with Crippen molar-refractivity contribution in [3.05, 3.63) is 22.7 Å². The number of carbonyl (C=O) groups is 1. The van der Waals surface area contributed by atoms with Crippen LogP contribution in [0.25, 0.3) is 0 Å². The van der Waals surface area contributed by atoms with Gasteiger partial charge in [0.25, 0.3) is 5.91 Å². The summed E-state index contributed by atoms with van der Waals surface area (Å²) in [6, 6.07) is 3.06. The quantitative estimate of drug-likeness (QED) is 0.597. The maximum atomic E-state index is 12.0. The second-order valence-electron chi connectivity index (χ2n) is 4.03. The Morgan fingerprint density at radius 1 is 1.35 bits per heavy atom. The molecule has 0 aromatic heterocycles. The predicted molar refractivity (Wildman–Crippen MR) is 83.1 cm³/mol. The van der Waals surface area contributed by atoms with E-state index in [-0.39, 0.29) is 18.3 Å². The first-order valence-electron chi connectivity index (χ1n) is 6.00. The monoisotopic (exact) mass is 322 g/mol. The zero-order valence-corrected chi connectivity index (χ0v) is 13.1. The van der Waals surface area contributed by atoms with Crippen molar-refractivity contribution in [3.8, 4) is 5.75 Å². The molecule has 0 aliphatic carbocycles. The fourth-order valence-corrected chi connectivity index (χ4v) is 1.75. The lowest BCUT2D eigenvalue weighted by atomic mass is 10.1. The molecule has 7 heteroatoms. The van der Waals surface area contributed by atoms with Gasteiger partial charge in [0, 0.05) is 26.3 Å². The van der Waals surface area contributed by atoms with E-state index < -0.39 is 0 Å². The van der Waals surface area contributed by atoms with E-state index in [0.717, 1.165) is 12.8 Å². The molecule has 3 N–H and O–H groups in total. The van der Waals surface area contributed by atoms with Crippen LogP contribution in [0, 0.1) is 0 Å². The molecule has 1 rings (SSSR count). The maximum Gasteiger partial charge on any atom is 0.255 e. The lowest BCUT2D eigenvalue weighted by molar-refractivity contribution is 0.0948. The molecule has 1 aromatic carbocycles. The Morgan fingerprint density at radius 2 is 2.05 bits per heavy atom. The van der Waals surface area contributed by atoms with E-state index in [0.29, 0.717) is 35.2 Å². The lowest BCUT2D eigenvalue weighted by Crippen LogP contribution is -2.25. The number of nitrogen functional groups attached to an aromatic ring is 1. The van der Waals surface area contributed by atoms with Crippen LogP contribution in [-0.2, 0) is 4.74 Å². The number of anilines is 1. The van der Waals surface area contributed by atoms with Gasteiger partial charge in [0.15, 0.2) is 0 Å². The van der Waals surface area contributed by atoms with Gasteiger partial charge in [-0.05, 0) is 18.9 Å². The summed E-state index contributed by atoms with van der Waals surface area (Å²) in [6.07, 6.45) is 1.75. The molecule has 114 valence electrons. The largest absolute Gasteiger partial charge is 0.496 e. The van der Waals surface area contributed by atoms with Gasteiger partial charge in [-0.3, -0.25) is 4.79 Å². The summed E-state index contributed by atoms with van der Waals surface area (Å²) >= 11 is 5.91. The molecule has 0 aliphatic rings. The molecule has 5 nitrogen and oxygen atoms in total. The van der Waals surface area contributed by atoms with Gasteiger partial charge in [-0.25, -0.2) is 0 Å². The molecule has 0 fully saturated rings. The van der Waals surface area contributed by atoms with E-state index in [2.05, 4.69) is 5.32 Å². The van der Waals surface area contributed by atoms with E-state index in [1.54, 1.807) is 13.2 Å². The molecular weight excluding hydrogens is 303 g/mol. The molecule has 0 spiro atoms. The minimum atomic E-state index is -0.226. The van der Waals surface area contributed by atoms with Gasteiger partial charge in [0.2, 0.25) is 0 Å². The third-order valence-electron chi connectivity index (χ3n) is 2.62. The van der Waals surface area contributed by atoms with Gasteiger partial charge in [-0.2, -0.15) is 0 Å². The summed E-state index contributed by atoms with van der Waals surface area (Å²) < 4.78 is 10.1. The van der Waals surface area contributed by atoms with Crippen molar-refractivity contribution >= 4 is 35.6 Å². The zero-order chi connectivity index (χ0) is 14.3.